The Morgan fingerprint density at radius 3 is 2.18 bits per heavy atom. The van der Waals surface area contributed by atoms with E-state index in [1.807, 2.05) is 59.5 Å². The molecule has 4 aromatic rings. The average Bonchev–Trinajstić information content (AvgIpc) is 3.60. The largest absolute Gasteiger partial charge is 0.344 e. The van der Waals surface area contributed by atoms with Crippen LogP contribution in [-0.2, 0) is 32.6 Å². The first-order valence-electron chi connectivity index (χ1n) is 15.6. The summed E-state index contributed by atoms with van der Waals surface area (Å²) in [6, 6.07) is 28.2. The lowest BCUT2D eigenvalue weighted by Gasteiger charge is -2.26. The predicted octanol–water partition coefficient (Wildman–Crippen LogP) is 5.05. The number of amides is 2. The molecule has 0 radical (unpaired) electrons. The lowest BCUT2D eigenvalue weighted by atomic mass is 10.0. The van der Waals surface area contributed by atoms with Crippen molar-refractivity contribution in [3.63, 3.8) is 0 Å². The van der Waals surface area contributed by atoms with Crippen molar-refractivity contribution in [2.75, 3.05) is 26.7 Å². The van der Waals surface area contributed by atoms with Crippen LogP contribution in [0, 0.1) is 0 Å². The summed E-state index contributed by atoms with van der Waals surface area (Å²) in [6.07, 6.45) is 2.07. The van der Waals surface area contributed by atoms with Crippen molar-refractivity contribution in [1.82, 2.24) is 19.8 Å². The number of benzene rings is 4. The average molecular weight is 627 g/mol. The zero-order valence-electron chi connectivity index (χ0n) is 26.0. The maximum Gasteiger partial charge on any atom is 0.245 e. The Morgan fingerprint density at radius 1 is 0.844 bits per heavy atom. The maximum absolute atomic E-state index is 13.6. The van der Waals surface area contributed by atoms with Gasteiger partial charge in [0.25, 0.3) is 0 Å². The summed E-state index contributed by atoms with van der Waals surface area (Å²) in [5.74, 6) is -0.507. The number of sulfonamides is 1. The molecule has 0 aliphatic carbocycles. The number of fused-ring (bicyclic) bond motifs is 1. The highest BCUT2D eigenvalue weighted by molar-refractivity contribution is 7.89. The molecule has 1 saturated heterocycles. The second-order valence-electron chi connectivity index (χ2n) is 11.8. The van der Waals surface area contributed by atoms with E-state index in [1.54, 1.807) is 30.3 Å². The number of nitrogens with one attached hydrogen (secondary N) is 2. The molecule has 0 bridgehead atoms. The summed E-state index contributed by atoms with van der Waals surface area (Å²) in [5, 5.41) is 4.72. The van der Waals surface area contributed by atoms with E-state index in [0.29, 0.717) is 25.1 Å². The fraction of sp³-hybridized carbons (Fsp3) is 0.333. The molecular formula is C36H42N4O4S. The Kier molecular flexibility index (Phi) is 10.7. The topological polar surface area (TPSA) is 98.8 Å². The van der Waals surface area contributed by atoms with Crippen LogP contribution in [0.15, 0.2) is 102 Å². The van der Waals surface area contributed by atoms with Gasteiger partial charge in [0, 0.05) is 32.5 Å². The summed E-state index contributed by atoms with van der Waals surface area (Å²) < 4.78 is 30.0. The standard InChI is InChI=1S/C36H42N4O4S/c1-3-39(2)26-28-17-15-27(16-18-28)23-34(36(42)40-21-9-10-22-40)37-35(41)25-33(30-12-5-4-6-13-30)38-45(43,44)32-20-19-29-11-7-8-14-31(29)24-32/h4-8,11-20,24,33-34,38H,3,9-10,21-23,25-26H2,1-2H3,(H,37,41). The van der Waals surface area contributed by atoms with Crippen molar-refractivity contribution in [2.24, 2.45) is 0 Å². The minimum atomic E-state index is -3.97. The summed E-state index contributed by atoms with van der Waals surface area (Å²) in [5.41, 5.74) is 2.79. The third kappa shape index (κ3) is 8.57. The first-order valence-corrected chi connectivity index (χ1v) is 17.1. The van der Waals surface area contributed by atoms with Crippen molar-refractivity contribution in [3.8, 4) is 0 Å². The number of carbonyl (C=O) groups is 2. The minimum Gasteiger partial charge on any atom is -0.344 e. The molecule has 2 amide bonds. The van der Waals surface area contributed by atoms with E-state index in [9.17, 15) is 18.0 Å². The Bertz CT molecular complexity index is 1700. The SMILES string of the molecule is CCN(C)Cc1ccc(CC(NC(=O)CC(NS(=O)(=O)c2ccc3ccccc3c2)c2ccccc2)C(=O)N2CCCC2)cc1. The second kappa shape index (κ2) is 14.8. The van der Waals surface area contributed by atoms with E-state index in [2.05, 4.69) is 41.0 Å². The monoisotopic (exact) mass is 626 g/mol. The van der Waals surface area contributed by atoms with Crippen LogP contribution in [0.4, 0.5) is 0 Å². The second-order valence-corrected chi connectivity index (χ2v) is 13.5. The molecule has 2 unspecified atom stereocenters. The van der Waals surface area contributed by atoms with E-state index in [0.717, 1.165) is 42.3 Å². The number of hydrogen-bond donors (Lipinski definition) is 2. The normalized spacial score (nSPS) is 14.9. The van der Waals surface area contributed by atoms with Crippen molar-refractivity contribution in [3.05, 3.63) is 114 Å². The molecule has 1 fully saturated rings. The van der Waals surface area contributed by atoms with Crippen LogP contribution in [0.1, 0.15) is 48.9 Å². The molecule has 0 spiro atoms. The number of nitrogens with zero attached hydrogens (tertiary/aromatic N) is 2. The molecule has 45 heavy (non-hydrogen) atoms. The van der Waals surface area contributed by atoms with E-state index >= 15 is 0 Å². The Hall–Kier alpha value is -4.05. The van der Waals surface area contributed by atoms with Gasteiger partial charge in [-0.25, -0.2) is 13.1 Å². The molecule has 1 aliphatic heterocycles. The Balaban J connectivity index is 1.34. The van der Waals surface area contributed by atoms with Crippen LogP contribution < -0.4 is 10.0 Å². The van der Waals surface area contributed by atoms with Gasteiger partial charge in [-0.15, -0.1) is 0 Å². The molecule has 2 N–H and O–H groups in total. The third-order valence-electron chi connectivity index (χ3n) is 8.43. The molecular weight excluding hydrogens is 584 g/mol. The van der Waals surface area contributed by atoms with Crippen molar-refractivity contribution < 1.29 is 18.0 Å². The summed E-state index contributed by atoms with van der Waals surface area (Å²) in [6.45, 7) is 5.24. The fourth-order valence-electron chi connectivity index (χ4n) is 5.74. The lowest BCUT2D eigenvalue weighted by molar-refractivity contribution is -0.135. The molecule has 1 aliphatic rings. The van der Waals surface area contributed by atoms with E-state index in [1.165, 1.54) is 5.56 Å². The van der Waals surface area contributed by atoms with Crippen LogP contribution in [0.5, 0.6) is 0 Å². The molecule has 2 atom stereocenters. The Morgan fingerprint density at radius 2 is 1.49 bits per heavy atom. The van der Waals surface area contributed by atoms with Crippen LogP contribution in [0.3, 0.4) is 0 Å². The first-order chi connectivity index (χ1) is 21.7. The van der Waals surface area contributed by atoms with Gasteiger partial charge in [0.1, 0.15) is 6.04 Å². The molecule has 0 saturated carbocycles. The minimum absolute atomic E-state index is 0.108. The van der Waals surface area contributed by atoms with Gasteiger partial charge >= 0.3 is 0 Å². The zero-order valence-corrected chi connectivity index (χ0v) is 26.8. The van der Waals surface area contributed by atoms with Crippen LogP contribution in [-0.4, -0.2) is 62.8 Å². The first kappa shape index (κ1) is 32.3. The van der Waals surface area contributed by atoms with Crippen molar-refractivity contribution in [2.45, 2.75) is 56.1 Å². The maximum atomic E-state index is 13.6. The number of rotatable bonds is 13. The summed E-state index contributed by atoms with van der Waals surface area (Å²) in [7, 11) is -1.91. The highest BCUT2D eigenvalue weighted by Gasteiger charge is 2.30. The van der Waals surface area contributed by atoms with Gasteiger partial charge in [0.05, 0.1) is 10.9 Å². The van der Waals surface area contributed by atoms with E-state index < -0.39 is 28.0 Å². The van der Waals surface area contributed by atoms with Crippen LogP contribution in [0.2, 0.25) is 0 Å². The van der Waals surface area contributed by atoms with Gasteiger partial charge in [0.15, 0.2) is 0 Å². The zero-order chi connectivity index (χ0) is 31.8. The number of hydrogen-bond acceptors (Lipinski definition) is 5. The van der Waals surface area contributed by atoms with Crippen LogP contribution >= 0.6 is 0 Å². The predicted molar refractivity (Wildman–Crippen MR) is 178 cm³/mol. The molecule has 8 nitrogen and oxygen atoms in total. The van der Waals surface area contributed by atoms with Gasteiger partial charge in [0.2, 0.25) is 21.8 Å². The summed E-state index contributed by atoms with van der Waals surface area (Å²) in [4.78, 5) is 31.4. The highest BCUT2D eigenvalue weighted by atomic mass is 32.2. The van der Waals surface area contributed by atoms with Gasteiger partial charge in [-0.1, -0.05) is 91.9 Å². The molecule has 4 aromatic carbocycles. The summed E-state index contributed by atoms with van der Waals surface area (Å²) >= 11 is 0. The van der Waals surface area contributed by atoms with E-state index in [4.69, 9.17) is 0 Å². The van der Waals surface area contributed by atoms with Crippen molar-refractivity contribution in [1.29, 1.82) is 0 Å². The van der Waals surface area contributed by atoms with Gasteiger partial charge < -0.3 is 15.1 Å². The fourth-order valence-corrected chi connectivity index (χ4v) is 7.00. The Labute approximate surface area is 266 Å². The van der Waals surface area contributed by atoms with Gasteiger partial charge in [-0.2, -0.15) is 0 Å². The van der Waals surface area contributed by atoms with Gasteiger partial charge in [-0.05, 0) is 66.0 Å². The molecule has 0 aromatic heterocycles. The lowest BCUT2D eigenvalue weighted by Crippen LogP contribution is -2.49. The molecule has 9 heteroatoms. The molecule has 5 rings (SSSR count). The van der Waals surface area contributed by atoms with Crippen molar-refractivity contribution >= 4 is 32.6 Å². The molecule has 236 valence electrons. The quantitative estimate of drug-likeness (QED) is 0.217. The number of carbonyl (C=O) groups excluding carboxylic acids is 2. The molecule has 1 heterocycles. The van der Waals surface area contributed by atoms with Gasteiger partial charge in [-0.3, -0.25) is 9.59 Å². The van der Waals surface area contributed by atoms with E-state index in [-0.39, 0.29) is 17.2 Å². The number of likely N-dealkylation sites (tertiary alicyclic amines) is 1. The highest BCUT2D eigenvalue weighted by Crippen LogP contribution is 2.24. The third-order valence-corrected chi connectivity index (χ3v) is 9.90. The van der Waals surface area contributed by atoms with Crippen LogP contribution in [0.25, 0.3) is 10.8 Å². The smallest absolute Gasteiger partial charge is 0.245 e.